The molecule has 1 amide bonds. The smallest absolute Gasteiger partial charge is 0.233 e. The maximum atomic E-state index is 12.1. The molecule has 1 aromatic heterocycles. The number of nitrogens with one attached hydrogen (secondary N) is 2. The van der Waals surface area contributed by atoms with Gasteiger partial charge in [0.15, 0.2) is 5.84 Å². The van der Waals surface area contributed by atoms with Gasteiger partial charge < -0.3 is 21.2 Å². The van der Waals surface area contributed by atoms with E-state index in [4.69, 9.17) is 10.9 Å². The van der Waals surface area contributed by atoms with Crippen molar-refractivity contribution in [2.24, 2.45) is 16.3 Å². The normalized spacial score (nSPS) is 14.9. The van der Waals surface area contributed by atoms with Crippen molar-refractivity contribution < 1.29 is 10.0 Å². The lowest BCUT2D eigenvalue weighted by atomic mass is 9.85. The number of nitrogens with two attached hydrogens (primary N) is 1. The van der Waals surface area contributed by atoms with Crippen LogP contribution in [0.3, 0.4) is 0 Å². The van der Waals surface area contributed by atoms with Gasteiger partial charge in [0, 0.05) is 25.4 Å². The van der Waals surface area contributed by atoms with Crippen molar-refractivity contribution >= 4 is 11.7 Å². The van der Waals surface area contributed by atoms with Gasteiger partial charge in [0.2, 0.25) is 5.91 Å². The van der Waals surface area contributed by atoms with Gasteiger partial charge in [-0.1, -0.05) is 12.1 Å². The molecule has 0 aliphatic heterocycles. The number of imidazole rings is 1. The van der Waals surface area contributed by atoms with Crippen molar-refractivity contribution in [2.45, 2.75) is 33.1 Å². The molecular weight excluding hydrogens is 246 g/mol. The van der Waals surface area contributed by atoms with E-state index in [1.54, 1.807) is 19.3 Å². The highest BCUT2D eigenvalue weighted by Crippen LogP contribution is 2.21. The van der Waals surface area contributed by atoms with Crippen LogP contribution >= 0.6 is 0 Å². The van der Waals surface area contributed by atoms with Gasteiger partial charge >= 0.3 is 0 Å². The minimum absolute atomic E-state index is 0.0708. The number of rotatable bonds is 7. The third-order valence-corrected chi connectivity index (χ3v) is 3.31. The van der Waals surface area contributed by atoms with E-state index in [2.05, 4.69) is 20.4 Å². The van der Waals surface area contributed by atoms with Crippen LogP contribution in [0.15, 0.2) is 17.5 Å². The molecule has 7 heteroatoms. The fourth-order valence-electron chi connectivity index (χ4n) is 1.66. The Hall–Kier alpha value is -2.05. The van der Waals surface area contributed by atoms with Crippen molar-refractivity contribution in [3.8, 4) is 0 Å². The van der Waals surface area contributed by atoms with Crippen LogP contribution in [0, 0.1) is 5.41 Å². The molecule has 7 nitrogen and oxygen atoms in total. The first-order valence-electron chi connectivity index (χ1n) is 6.29. The molecule has 1 atom stereocenters. The number of aryl methyl sites for hydroxylation is 1. The van der Waals surface area contributed by atoms with Crippen molar-refractivity contribution in [1.82, 2.24) is 15.3 Å². The van der Waals surface area contributed by atoms with Crippen LogP contribution in [-0.4, -0.2) is 33.5 Å². The predicted molar refractivity (Wildman–Crippen MR) is 71.7 cm³/mol. The van der Waals surface area contributed by atoms with Crippen LogP contribution < -0.4 is 11.1 Å². The Bertz CT molecular complexity index is 429. The molecule has 1 heterocycles. The summed E-state index contributed by atoms with van der Waals surface area (Å²) in [5, 5.41) is 14.5. The summed E-state index contributed by atoms with van der Waals surface area (Å²) < 4.78 is 0. The fraction of sp³-hybridized carbons (Fsp3) is 0.583. The molecule has 1 aromatic rings. The Labute approximate surface area is 112 Å². The summed E-state index contributed by atoms with van der Waals surface area (Å²) >= 11 is 0. The predicted octanol–water partition coefficient (Wildman–Crippen LogP) is 0.621. The number of amidine groups is 1. The van der Waals surface area contributed by atoms with Crippen LogP contribution in [0.5, 0.6) is 0 Å². The molecule has 0 saturated heterocycles. The highest BCUT2D eigenvalue weighted by atomic mass is 16.4. The first-order valence-corrected chi connectivity index (χ1v) is 6.29. The number of nitrogens with zero attached hydrogens (tertiary/aromatic N) is 2. The number of aromatic nitrogens is 2. The quantitative estimate of drug-likeness (QED) is 0.190. The average Bonchev–Trinajstić information content (AvgIpc) is 2.94. The third-order valence-electron chi connectivity index (χ3n) is 3.31. The zero-order valence-electron chi connectivity index (χ0n) is 11.3. The lowest BCUT2D eigenvalue weighted by Crippen LogP contribution is -2.47. The Kier molecular flexibility index (Phi) is 5.35. The molecule has 1 unspecified atom stereocenters. The molecule has 19 heavy (non-hydrogen) atoms. The molecule has 106 valence electrons. The minimum atomic E-state index is -0.973. The average molecular weight is 267 g/mol. The molecular formula is C12H21N5O2. The van der Waals surface area contributed by atoms with Gasteiger partial charge in [-0.2, -0.15) is 0 Å². The van der Waals surface area contributed by atoms with E-state index in [1.165, 1.54) is 0 Å². The lowest BCUT2D eigenvalue weighted by Gasteiger charge is -2.25. The van der Waals surface area contributed by atoms with Gasteiger partial charge in [-0.3, -0.25) is 4.79 Å². The third kappa shape index (κ3) is 3.70. The molecule has 0 saturated carbocycles. The van der Waals surface area contributed by atoms with Crippen molar-refractivity contribution in [3.05, 3.63) is 18.2 Å². The van der Waals surface area contributed by atoms with Crippen LogP contribution in [0.1, 0.15) is 32.5 Å². The summed E-state index contributed by atoms with van der Waals surface area (Å²) in [6.45, 7) is 4.00. The number of aromatic amines is 1. The summed E-state index contributed by atoms with van der Waals surface area (Å²) in [4.78, 5) is 19.1. The molecule has 0 aromatic carbocycles. The highest BCUT2D eigenvalue weighted by molar-refractivity contribution is 6.06. The van der Waals surface area contributed by atoms with E-state index in [0.717, 1.165) is 18.7 Å². The van der Waals surface area contributed by atoms with E-state index in [1.807, 2.05) is 6.92 Å². The monoisotopic (exact) mass is 267 g/mol. The van der Waals surface area contributed by atoms with Gasteiger partial charge in [0.1, 0.15) is 11.2 Å². The van der Waals surface area contributed by atoms with E-state index < -0.39 is 5.41 Å². The van der Waals surface area contributed by atoms with Gasteiger partial charge in [-0.05, 0) is 19.8 Å². The number of hydrogen-bond donors (Lipinski definition) is 4. The summed E-state index contributed by atoms with van der Waals surface area (Å²) in [5.41, 5.74) is 4.60. The number of oxime groups is 1. The molecule has 0 bridgehead atoms. The lowest BCUT2D eigenvalue weighted by molar-refractivity contribution is -0.127. The van der Waals surface area contributed by atoms with Crippen molar-refractivity contribution in [3.63, 3.8) is 0 Å². The summed E-state index contributed by atoms with van der Waals surface area (Å²) in [5.74, 6) is 0.590. The van der Waals surface area contributed by atoms with Crippen LogP contribution in [0.2, 0.25) is 0 Å². The van der Waals surface area contributed by atoms with Gasteiger partial charge in [-0.15, -0.1) is 0 Å². The number of amides is 1. The van der Waals surface area contributed by atoms with Crippen molar-refractivity contribution in [1.29, 1.82) is 0 Å². The Morgan fingerprint density at radius 3 is 2.95 bits per heavy atom. The van der Waals surface area contributed by atoms with Crippen LogP contribution in [0.4, 0.5) is 0 Å². The van der Waals surface area contributed by atoms with E-state index >= 15 is 0 Å². The Balaban J connectivity index is 2.41. The Morgan fingerprint density at radius 1 is 1.68 bits per heavy atom. The first-order chi connectivity index (χ1) is 9.04. The minimum Gasteiger partial charge on any atom is -0.409 e. The van der Waals surface area contributed by atoms with Crippen molar-refractivity contribution in [2.75, 3.05) is 6.54 Å². The zero-order chi connectivity index (χ0) is 14.3. The van der Waals surface area contributed by atoms with E-state index in [9.17, 15) is 4.79 Å². The maximum Gasteiger partial charge on any atom is 0.233 e. The molecule has 5 N–H and O–H groups in total. The molecule has 0 aliphatic carbocycles. The zero-order valence-corrected chi connectivity index (χ0v) is 11.3. The number of H-pyrrole nitrogens is 1. The SMILES string of the molecule is CCC(C)(C(=O)NCCCc1ncc[nH]1)/C(N)=N/O. The van der Waals surface area contributed by atoms with Crippen LogP contribution in [-0.2, 0) is 11.2 Å². The fourth-order valence-corrected chi connectivity index (χ4v) is 1.66. The number of carbonyl (C=O) groups excluding carboxylic acids is 1. The second-order valence-electron chi connectivity index (χ2n) is 4.57. The molecule has 0 spiro atoms. The number of hydrogen-bond acceptors (Lipinski definition) is 4. The topological polar surface area (TPSA) is 116 Å². The van der Waals surface area contributed by atoms with E-state index in [-0.39, 0.29) is 11.7 Å². The maximum absolute atomic E-state index is 12.1. The molecule has 0 radical (unpaired) electrons. The molecule has 1 rings (SSSR count). The number of carbonyl (C=O) groups is 1. The summed E-state index contributed by atoms with van der Waals surface area (Å²) in [6.07, 6.45) is 5.46. The van der Waals surface area contributed by atoms with E-state index in [0.29, 0.717) is 13.0 Å². The molecule has 0 aliphatic rings. The highest BCUT2D eigenvalue weighted by Gasteiger charge is 2.35. The second-order valence-corrected chi connectivity index (χ2v) is 4.57. The summed E-state index contributed by atoms with van der Waals surface area (Å²) in [7, 11) is 0. The molecule has 0 fully saturated rings. The Morgan fingerprint density at radius 2 is 2.42 bits per heavy atom. The largest absolute Gasteiger partial charge is 0.409 e. The van der Waals surface area contributed by atoms with Gasteiger partial charge in [-0.25, -0.2) is 4.98 Å². The summed E-state index contributed by atoms with van der Waals surface area (Å²) in [6, 6.07) is 0. The first kappa shape index (κ1) is 15.0. The van der Waals surface area contributed by atoms with Gasteiger partial charge in [0.25, 0.3) is 0 Å². The standard InChI is InChI=1S/C12H21N5O2/c1-3-12(2,10(13)17-19)11(18)16-6-4-5-9-14-7-8-15-9/h7-8,19H,3-6H2,1-2H3,(H2,13,17)(H,14,15)(H,16,18). The van der Waals surface area contributed by atoms with Crippen LogP contribution in [0.25, 0.3) is 0 Å². The second kappa shape index (κ2) is 6.77. The van der Waals surface area contributed by atoms with Gasteiger partial charge in [0.05, 0.1) is 0 Å².